The number of aromatic nitrogens is 2. The zero-order valence-electron chi connectivity index (χ0n) is 10.2. The van der Waals surface area contributed by atoms with Crippen molar-refractivity contribution in [2.24, 2.45) is 0 Å². The highest BCUT2D eigenvalue weighted by atomic mass is 79.9. The third kappa shape index (κ3) is 2.56. The highest BCUT2D eigenvalue weighted by Gasteiger charge is 2.13. The summed E-state index contributed by atoms with van der Waals surface area (Å²) >= 11 is 3.39. The molecule has 2 rings (SSSR count). The van der Waals surface area contributed by atoms with Crippen molar-refractivity contribution in [2.75, 3.05) is 5.73 Å². The normalized spacial score (nSPS) is 10.8. The second-order valence-corrected chi connectivity index (χ2v) is 5.00. The van der Waals surface area contributed by atoms with Gasteiger partial charge < -0.3 is 10.3 Å². The largest absolute Gasteiger partial charge is 0.383 e. The van der Waals surface area contributed by atoms with Gasteiger partial charge in [0.2, 0.25) is 0 Å². The van der Waals surface area contributed by atoms with Gasteiger partial charge in [-0.1, -0.05) is 29.3 Å². The van der Waals surface area contributed by atoms with Gasteiger partial charge in [-0.25, -0.2) is 9.37 Å². The van der Waals surface area contributed by atoms with Gasteiger partial charge >= 0.3 is 0 Å². The number of nitrogens with two attached hydrogens (primary N) is 1. The van der Waals surface area contributed by atoms with E-state index in [-0.39, 0.29) is 5.82 Å². The van der Waals surface area contributed by atoms with Gasteiger partial charge in [-0.05, 0) is 24.6 Å². The Bertz CT molecular complexity index is 551. The minimum absolute atomic E-state index is 0.296. The molecule has 0 aliphatic heterocycles. The first-order valence-electron chi connectivity index (χ1n) is 5.89. The van der Waals surface area contributed by atoms with Gasteiger partial charge in [-0.15, -0.1) is 0 Å². The molecule has 18 heavy (non-hydrogen) atoms. The minimum atomic E-state index is -0.296. The monoisotopic (exact) mass is 311 g/mol. The van der Waals surface area contributed by atoms with Gasteiger partial charge in [0.15, 0.2) is 0 Å². The molecule has 1 aromatic heterocycles. The summed E-state index contributed by atoms with van der Waals surface area (Å²) in [4.78, 5) is 4.28. The topological polar surface area (TPSA) is 43.8 Å². The molecule has 0 saturated heterocycles. The van der Waals surface area contributed by atoms with Crippen molar-refractivity contribution in [3.8, 4) is 11.3 Å². The lowest BCUT2D eigenvalue weighted by atomic mass is 10.1. The van der Waals surface area contributed by atoms with Crippen molar-refractivity contribution in [3.63, 3.8) is 0 Å². The molecule has 2 N–H and O–H groups in total. The van der Waals surface area contributed by atoms with Crippen molar-refractivity contribution in [1.82, 2.24) is 9.55 Å². The third-order valence-electron chi connectivity index (χ3n) is 2.81. The molecule has 0 saturated carbocycles. The van der Waals surface area contributed by atoms with Crippen LogP contribution in [-0.2, 0) is 6.54 Å². The lowest BCUT2D eigenvalue weighted by Gasteiger charge is -2.06. The van der Waals surface area contributed by atoms with Crippen molar-refractivity contribution >= 4 is 21.7 Å². The Morgan fingerprint density at radius 2 is 2.22 bits per heavy atom. The molecule has 0 unspecified atom stereocenters. The summed E-state index contributed by atoms with van der Waals surface area (Å²) in [5.41, 5.74) is 7.36. The number of halogens is 2. The number of benzene rings is 1. The van der Waals surface area contributed by atoms with Gasteiger partial charge in [-0.3, -0.25) is 0 Å². The van der Waals surface area contributed by atoms with E-state index < -0.39 is 0 Å². The predicted molar refractivity (Wildman–Crippen MR) is 74.6 cm³/mol. The van der Waals surface area contributed by atoms with Crippen LogP contribution in [0, 0.1) is 5.82 Å². The molecule has 2 aromatic rings. The average Bonchev–Trinajstić information content (AvgIpc) is 2.71. The van der Waals surface area contributed by atoms with E-state index in [1.54, 1.807) is 12.4 Å². The zero-order valence-corrected chi connectivity index (χ0v) is 11.7. The summed E-state index contributed by atoms with van der Waals surface area (Å²) in [7, 11) is 0. The summed E-state index contributed by atoms with van der Waals surface area (Å²) in [5, 5.41) is 0. The fourth-order valence-corrected chi connectivity index (χ4v) is 2.22. The number of nitrogens with zero attached hydrogens (tertiary/aromatic N) is 2. The number of rotatable bonds is 4. The number of anilines is 1. The highest BCUT2D eigenvalue weighted by Crippen LogP contribution is 2.31. The van der Waals surface area contributed by atoms with Crippen LogP contribution in [0.4, 0.5) is 10.2 Å². The molecule has 1 heterocycles. The summed E-state index contributed by atoms with van der Waals surface area (Å²) in [6.45, 7) is 2.96. The number of aryl methyl sites for hydroxylation is 1. The van der Waals surface area contributed by atoms with Crippen LogP contribution < -0.4 is 5.73 Å². The number of nitrogen functional groups attached to an aromatic ring is 1. The van der Waals surface area contributed by atoms with Crippen LogP contribution in [0.15, 0.2) is 29.0 Å². The molecule has 0 radical (unpaired) electrons. The molecule has 0 spiro atoms. The number of unbranched alkanes of at least 4 members (excludes halogenated alkanes) is 1. The molecule has 0 atom stereocenters. The lowest BCUT2D eigenvalue weighted by Crippen LogP contribution is -2.02. The fourth-order valence-electron chi connectivity index (χ4n) is 1.78. The second kappa shape index (κ2) is 5.52. The molecule has 1 aromatic carbocycles. The first-order valence-corrected chi connectivity index (χ1v) is 6.68. The molecule has 0 amide bonds. The van der Waals surface area contributed by atoms with Crippen LogP contribution >= 0.6 is 15.9 Å². The van der Waals surface area contributed by atoms with E-state index in [9.17, 15) is 4.39 Å². The molecule has 3 nitrogen and oxygen atoms in total. The van der Waals surface area contributed by atoms with E-state index in [1.165, 1.54) is 12.1 Å². The summed E-state index contributed by atoms with van der Waals surface area (Å²) in [6, 6.07) is 4.50. The van der Waals surface area contributed by atoms with E-state index in [1.807, 2.05) is 4.57 Å². The van der Waals surface area contributed by atoms with Gasteiger partial charge in [0.1, 0.15) is 17.3 Å². The predicted octanol–water partition coefficient (Wildman–Crippen LogP) is 3.83. The Kier molecular flexibility index (Phi) is 4.01. The maximum Gasteiger partial charge on any atom is 0.131 e. The lowest BCUT2D eigenvalue weighted by molar-refractivity contribution is 0.628. The van der Waals surface area contributed by atoms with Crippen molar-refractivity contribution in [1.29, 1.82) is 0 Å². The maximum atomic E-state index is 13.3. The van der Waals surface area contributed by atoms with E-state index in [0.717, 1.165) is 23.9 Å². The van der Waals surface area contributed by atoms with E-state index in [2.05, 4.69) is 27.8 Å². The Morgan fingerprint density at radius 3 is 2.94 bits per heavy atom. The maximum absolute atomic E-state index is 13.3. The SMILES string of the molecule is CCCCn1cnc(-c2cc(F)ccc2Br)c1N. The minimum Gasteiger partial charge on any atom is -0.383 e. The molecular weight excluding hydrogens is 297 g/mol. The smallest absolute Gasteiger partial charge is 0.131 e. The summed E-state index contributed by atoms with van der Waals surface area (Å²) < 4.78 is 16.0. The number of hydrogen-bond donors (Lipinski definition) is 1. The first-order chi connectivity index (χ1) is 8.63. The Morgan fingerprint density at radius 1 is 1.44 bits per heavy atom. The Hall–Kier alpha value is -1.36. The molecular formula is C13H15BrFN3. The molecule has 5 heteroatoms. The molecule has 0 bridgehead atoms. The van der Waals surface area contributed by atoms with Gasteiger partial charge in [0.05, 0.1) is 6.33 Å². The Balaban J connectivity index is 2.39. The second-order valence-electron chi connectivity index (χ2n) is 4.15. The van der Waals surface area contributed by atoms with Crippen molar-refractivity contribution in [2.45, 2.75) is 26.3 Å². The standard InChI is InChI=1S/C13H15BrFN3/c1-2-3-6-18-8-17-12(13(18)16)10-7-9(15)4-5-11(10)14/h4-5,7-8H,2-3,6,16H2,1H3. The quantitative estimate of drug-likeness (QED) is 0.932. The summed E-state index contributed by atoms with van der Waals surface area (Å²) in [5.74, 6) is 0.283. The van der Waals surface area contributed by atoms with Crippen LogP contribution in [0.25, 0.3) is 11.3 Å². The van der Waals surface area contributed by atoms with Gasteiger partial charge in [0, 0.05) is 16.6 Å². The summed E-state index contributed by atoms with van der Waals surface area (Å²) in [6.07, 6.45) is 3.85. The average molecular weight is 312 g/mol. The molecule has 0 aliphatic rings. The van der Waals surface area contributed by atoms with E-state index >= 15 is 0 Å². The number of hydrogen-bond acceptors (Lipinski definition) is 2. The molecule has 0 aliphatic carbocycles. The van der Waals surface area contributed by atoms with Crippen LogP contribution in [0.3, 0.4) is 0 Å². The van der Waals surface area contributed by atoms with E-state index in [0.29, 0.717) is 17.1 Å². The molecule has 96 valence electrons. The highest BCUT2D eigenvalue weighted by molar-refractivity contribution is 9.10. The fraction of sp³-hybridized carbons (Fsp3) is 0.308. The van der Waals surface area contributed by atoms with Crippen molar-refractivity contribution < 1.29 is 4.39 Å². The molecule has 0 fully saturated rings. The third-order valence-corrected chi connectivity index (χ3v) is 3.51. The van der Waals surface area contributed by atoms with Crippen LogP contribution in [0.2, 0.25) is 0 Å². The zero-order chi connectivity index (χ0) is 13.1. The van der Waals surface area contributed by atoms with Crippen LogP contribution in [0.1, 0.15) is 19.8 Å². The van der Waals surface area contributed by atoms with Crippen LogP contribution in [0.5, 0.6) is 0 Å². The van der Waals surface area contributed by atoms with Gasteiger partial charge in [0.25, 0.3) is 0 Å². The van der Waals surface area contributed by atoms with E-state index in [4.69, 9.17) is 5.73 Å². The van der Waals surface area contributed by atoms with Crippen LogP contribution in [-0.4, -0.2) is 9.55 Å². The van der Waals surface area contributed by atoms with Gasteiger partial charge in [-0.2, -0.15) is 0 Å². The van der Waals surface area contributed by atoms with Crippen molar-refractivity contribution in [3.05, 3.63) is 34.8 Å². The first kappa shape index (κ1) is 13.1. The Labute approximate surface area is 114 Å². The number of imidazole rings is 1.